The van der Waals surface area contributed by atoms with Crippen molar-refractivity contribution >= 4 is 34.8 Å². The van der Waals surface area contributed by atoms with Crippen molar-refractivity contribution < 1.29 is 4.79 Å². The van der Waals surface area contributed by atoms with Crippen molar-refractivity contribution in [3.8, 4) is 0 Å². The highest BCUT2D eigenvalue weighted by Crippen LogP contribution is 2.30. The van der Waals surface area contributed by atoms with Crippen LogP contribution in [0.5, 0.6) is 0 Å². The number of hydrogen-bond donors (Lipinski definition) is 1. The predicted octanol–water partition coefficient (Wildman–Crippen LogP) is 4.35. The fourth-order valence-electron chi connectivity index (χ4n) is 2.57. The minimum atomic E-state index is -0.0394. The van der Waals surface area contributed by atoms with Crippen molar-refractivity contribution in [2.45, 2.75) is 12.8 Å². The maximum Gasteiger partial charge on any atom is 0.228 e. The predicted molar refractivity (Wildman–Crippen MR) is 82.4 cm³/mol. The first-order valence-corrected chi connectivity index (χ1v) is 7.22. The Morgan fingerprint density at radius 2 is 1.70 bits per heavy atom. The van der Waals surface area contributed by atoms with Crippen LogP contribution in [-0.2, 0) is 17.6 Å². The van der Waals surface area contributed by atoms with Crippen molar-refractivity contribution in [1.82, 2.24) is 0 Å². The van der Waals surface area contributed by atoms with E-state index >= 15 is 0 Å². The quantitative estimate of drug-likeness (QED) is 0.878. The van der Waals surface area contributed by atoms with Gasteiger partial charge in [0.2, 0.25) is 5.91 Å². The SMILES string of the molecule is O=C(Nc1cc(Cl)ccc1Cl)C1Cc2ccccc2C1. The van der Waals surface area contributed by atoms with Gasteiger partial charge < -0.3 is 5.32 Å². The summed E-state index contributed by atoms with van der Waals surface area (Å²) in [4.78, 5) is 12.3. The molecular weight excluding hydrogens is 293 g/mol. The van der Waals surface area contributed by atoms with Gasteiger partial charge in [-0.25, -0.2) is 0 Å². The molecule has 102 valence electrons. The van der Waals surface area contributed by atoms with Gasteiger partial charge in [-0.15, -0.1) is 0 Å². The van der Waals surface area contributed by atoms with Gasteiger partial charge in [-0.2, -0.15) is 0 Å². The molecule has 0 fully saturated rings. The summed E-state index contributed by atoms with van der Waals surface area (Å²) in [5, 5.41) is 3.93. The number of benzene rings is 2. The Balaban J connectivity index is 1.74. The Hall–Kier alpha value is -1.51. The normalized spacial score (nSPS) is 14.1. The van der Waals surface area contributed by atoms with E-state index in [1.807, 2.05) is 12.1 Å². The van der Waals surface area contributed by atoms with Gasteiger partial charge in [0.1, 0.15) is 0 Å². The molecule has 0 atom stereocenters. The highest BCUT2D eigenvalue weighted by atomic mass is 35.5. The number of hydrogen-bond acceptors (Lipinski definition) is 1. The van der Waals surface area contributed by atoms with Crippen LogP contribution in [0, 0.1) is 5.92 Å². The highest BCUT2D eigenvalue weighted by Gasteiger charge is 2.27. The van der Waals surface area contributed by atoms with Gasteiger partial charge in [0.05, 0.1) is 10.7 Å². The van der Waals surface area contributed by atoms with Crippen LogP contribution < -0.4 is 5.32 Å². The van der Waals surface area contributed by atoms with Crippen LogP contribution in [0.25, 0.3) is 0 Å². The molecule has 0 saturated carbocycles. The fourth-order valence-corrected chi connectivity index (χ4v) is 2.91. The molecule has 4 heteroatoms. The van der Waals surface area contributed by atoms with E-state index in [0.29, 0.717) is 15.7 Å². The largest absolute Gasteiger partial charge is 0.324 e. The van der Waals surface area contributed by atoms with E-state index in [-0.39, 0.29) is 11.8 Å². The average molecular weight is 306 g/mol. The molecule has 0 spiro atoms. The summed E-state index contributed by atoms with van der Waals surface area (Å²) in [7, 11) is 0. The lowest BCUT2D eigenvalue weighted by molar-refractivity contribution is -0.119. The molecule has 2 aromatic carbocycles. The van der Waals surface area contributed by atoms with Crippen molar-refractivity contribution in [2.75, 3.05) is 5.32 Å². The van der Waals surface area contributed by atoms with Crippen molar-refractivity contribution in [3.63, 3.8) is 0 Å². The summed E-state index contributed by atoms with van der Waals surface area (Å²) in [6.07, 6.45) is 1.56. The summed E-state index contributed by atoms with van der Waals surface area (Å²) < 4.78 is 0. The standard InChI is InChI=1S/C16H13Cl2NO/c17-13-5-6-14(18)15(9-13)19-16(20)12-7-10-3-1-2-4-11(10)8-12/h1-6,9,12H,7-8H2,(H,19,20). The third kappa shape index (κ3) is 2.67. The van der Waals surface area contributed by atoms with Crippen molar-refractivity contribution in [3.05, 3.63) is 63.6 Å². The molecule has 1 amide bonds. The smallest absolute Gasteiger partial charge is 0.228 e. The van der Waals surface area contributed by atoms with E-state index in [1.165, 1.54) is 11.1 Å². The molecule has 0 radical (unpaired) electrons. The van der Waals surface area contributed by atoms with Crippen molar-refractivity contribution in [2.24, 2.45) is 5.92 Å². The van der Waals surface area contributed by atoms with Gasteiger partial charge in [0, 0.05) is 10.9 Å². The highest BCUT2D eigenvalue weighted by molar-refractivity contribution is 6.35. The Kier molecular flexibility index (Phi) is 3.68. The fraction of sp³-hybridized carbons (Fsp3) is 0.188. The van der Waals surface area contributed by atoms with E-state index in [2.05, 4.69) is 17.4 Å². The lowest BCUT2D eigenvalue weighted by Gasteiger charge is -2.12. The van der Waals surface area contributed by atoms with Crippen LogP contribution in [0.3, 0.4) is 0 Å². The molecule has 0 unspecified atom stereocenters. The number of rotatable bonds is 2. The van der Waals surface area contributed by atoms with Gasteiger partial charge in [0.15, 0.2) is 0 Å². The van der Waals surface area contributed by atoms with Gasteiger partial charge in [-0.1, -0.05) is 47.5 Å². The first kappa shape index (κ1) is 13.5. The second-order valence-corrected chi connectivity index (χ2v) is 5.83. The molecule has 2 nitrogen and oxygen atoms in total. The third-order valence-electron chi connectivity index (χ3n) is 3.61. The lowest BCUT2D eigenvalue weighted by atomic mass is 10.1. The van der Waals surface area contributed by atoms with Gasteiger partial charge in [0.25, 0.3) is 0 Å². The number of carbonyl (C=O) groups is 1. The maximum atomic E-state index is 12.3. The number of halogens is 2. The first-order valence-electron chi connectivity index (χ1n) is 6.46. The Bertz CT molecular complexity index is 644. The van der Waals surface area contributed by atoms with Gasteiger partial charge in [-0.05, 0) is 42.2 Å². The second-order valence-electron chi connectivity index (χ2n) is 4.99. The molecule has 0 saturated heterocycles. The zero-order chi connectivity index (χ0) is 14.1. The molecule has 3 rings (SSSR count). The summed E-state index contributed by atoms with van der Waals surface area (Å²) in [5.41, 5.74) is 3.08. The minimum Gasteiger partial charge on any atom is -0.324 e. The van der Waals surface area contributed by atoms with E-state index in [9.17, 15) is 4.79 Å². The van der Waals surface area contributed by atoms with E-state index in [4.69, 9.17) is 23.2 Å². The molecule has 1 aliphatic rings. The molecule has 1 N–H and O–H groups in total. The summed E-state index contributed by atoms with van der Waals surface area (Å²) >= 11 is 12.0. The maximum absolute atomic E-state index is 12.3. The summed E-state index contributed by atoms with van der Waals surface area (Å²) in [6.45, 7) is 0. The molecule has 0 aromatic heterocycles. The summed E-state index contributed by atoms with van der Waals surface area (Å²) in [5.74, 6) is -0.0483. The summed E-state index contributed by atoms with van der Waals surface area (Å²) in [6, 6.07) is 13.2. The lowest BCUT2D eigenvalue weighted by Crippen LogP contribution is -2.23. The molecule has 2 aromatic rings. The Morgan fingerprint density at radius 1 is 1.05 bits per heavy atom. The Morgan fingerprint density at radius 3 is 2.35 bits per heavy atom. The molecule has 0 bridgehead atoms. The number of amides is 1. The van der Waals surface area contributed by atoms with Crippen LogP contribution in [0.2, 0.25) is 10.0 Å². The van der Waals surface area contributed by atoms with Gasteiger partial charge >= 0.3 is 0 Å². The molecule has 20 heavy (non-hydrogen) atoms. The van der Waals surface area contributed by atoms with E-state index in [0.717, 1.165) is 12.8 Å². The van der Waals surface area contributed by atoms with Crippen LogP contribution in [0.1, 0.15) is 11.1 Å². The van der Waals surface area contributed by atoms with Crippen molar-refractivity contribution in [1.29, 1.82) is 0 Å². The topological polar surface area (TPSA) is 29.1 Å². The number of anilines is 1. The van der Waals surface area contributed by atoms with E-state index in [1.54, 1.807) is 18.2 Å². The molecular formula is C16H13Cl2NO. The first-order chi connectivity index (χ1) is 9.63. The second kappa shape index (κ2) is 5.47. The zero-order valence-electron chi connectivity index (χ0n) is 10.7. The Labute approximate surface area is 127 Å². The monoisotopic (exact) mass is 305 g/mol. The number of carbonyl (C=O) groups excluding carboxylic acids is 1. The van der Waals surface area contributed by atoms with Crippen LogP contribution in [-0.4, -0.2) is 5.91 Å². The number of fused-ring (bicyclic) bond motifs is 1. The molecule has 0 aliphatic heterocycles. The van der Waals surface area contributed by atoms with Gasteiger partial charge in [-0.3, -0.25) is 4.79 Å². The average Bonchev–Trinajstić information content (AvgIpc) is 2.87. The van der Waals surface area contributed by atoms with Crippen LogP contribution in [0.4, 0.5) is 5.69 Å². The van der Waals surface area contributed by atoms with Crippen LogP contribution >= 0.6 is 23.2 Å². The third-order valence-corrected chi connectivity index (χ3v) is 4.17. The molecule has 0 heterocycles. The van der Waals surface area contributed by atoms with E-state index < -0.39 is 0 Å². The minimum absolute atomic E-state index is 0.00892. The zero-order valence-corrected chi connectivity index (χ0v) is 12.2. The van der Waals surface area contributed by atoms with Crippen LogP contribution in [0.15, 0.2) is 42.5 Å². The number of nitrogens with one attached hydrogen (secondary N) is 1. The molecule has 1 aliphatic carbocycles.